The summed E-state index contributed by atoms with van der Waals surface area (Å²) in [7, 11) is 0. The Labute approximate surface area is 121 Å². The van der Waals surface area contributed by atoms with Crippen molar-refractivity contribution in [1.82, 2.24) is 0 Å². The third kappa shape index (κ3) is 4.30. The van der Waals surface area contributed by atoms with Gasteiger partial charge in [0.1, 0.15) is 5.75 Å². The van der Waals surface area contributed by atoms with E-state index in [0.29, 0.717) is 6.61 Å². The summed E-state index contributed by atoms with van der Waals surface area (Å²) in [6.07, 6.45) is 3.66. The lowest BCUT2D eigenvalue weighted by molar-refractivity contribution is 0.340. The Morgan fingerprint density at radius 2 is 1.75 bits per heavy atom. The molecule has 2 heteroatoms. The van der Waals surface area contributed by atoms with E-state index in [1.54, 1.807) is 0 Å². The van der Waals surface area contributed by atoms with Gasteiger partial charge in [0.15, 0.2) is 0 Å². The standard InChI is InChI=1S/C18H23NO/c1-3-5-7-15-10-12-16(13-11-15)19-17-8-6-9-18(14-17)20-4-2/h6,8-14,19H,3-5,7H2,1-2H3. The Bertz CT molecular complexity index is 519. The highest BCUT2D eigenvalue weighted by molar-refractivity contribution is 5.61. The first-order valence-electron chi connectivity index (χ1n) is 7.40. The van der Waals surface area contributed by atoms with Crippen molar-refractivity contribution in [1.29, 1.82) is 0 Å². The van der Waals surface area contributed by atoms with Crippen LogP contribution in [0.2, 0.25) is 0 Å². The normalized spacial score (nSPS) is 10.3. The van der Waals surface area contributed by atoms with Gasteiger partial charge < -0.3 is 10.1 Å². The molecule has 20 heavy (non-hydrogen) atoms. The van der Waals surface area contributed by atoms with Crippen LogP contribution in [-0.2, 0) is 6.42 Å². The molecule has 0 fully saturated rings. The Kier molecular flexibility index (Phi) is 5.48. The molecule has 0 spiro atoms. The third-order valence-corrected chi connectivity index (χ3v) is 3.21. The van der Waals surface area contributed by atoms with Gasteiger partial charge in [-0.2, -0.15) is 0 Å². The summed E-state index contributed by atoms with van der Waals surface area (Å²) < 4.78 is 5.51. The summed E-state index contributed by atoms with van der Waals surface area (Å²) in [6.45, 7) is 4.91. The lowest BCUT2D eigenvalue weighted by atomic mass is 10.1. The highest BCUT2D eigenvalue weighted by Gasteiger charge is 1.98. The van der Waals surface area contributed by atoms with Crippen molar-refractivity contribution >= 4 is 11.4 Å². The quantitative estimate of drug-likeness (QED) is 0.748. The van der Waals surface area contributed by atoms with E-state index in [-0.39, 0.29) is 0 Å². The molecule has 0 amide bonds. The van der Waals surface area contributed by atoms with Crippen molar-refractivity contribution in [2.45, 2.75) is 33.1 Å². The molecule has 0 aliphatic rings. The van der Waals surface area contributed by atoms with Gasteiger partial charge in [0.25, 0.3) is 0 Å². The highest BCUT2D eigenvalue weighted by Crippen LogP contribution is 2.22. The number of unbranched alkanes of at least 4 members (excludes halogenated alkanes) is 1. The first kappa shape index (κ1) is 14.4. The second-order valence-corrected chi connectivity index (χ2v) is 4.89. The first-order valence-corrected chi connectivity index (χ1v) is 7.40. The fraction of sp³-hybridized carbons (Fsp3) is 0.333. The predicted octanol–water partition coefficient (Wildman–Crippen LogP) is 5.17. The van der Waals surface area contributed by atoms with Crippen LogP contribution in [0, 0.1) is 0 Å². The van der Waals surface area contributed by atoms with Crippen LogP contribution in [0.3, 0.4) is 0 Å². The Morgan fingerprint density at radius 1 is 0.950 bits per heavy atom. The first-order chi connectivity index (χ1) is 9.81. The number of rotatable bonds is 7. The largest absolute Gasteiger partial charge is 0.494 e. The lowest BCUT2D eigenvalue weighted by Gasteiger charge is -2.09. The molecule has 0 saturated heterocycles. The van der Waals surface area contributed by atoms with Gasteiger partial charge in [-0.1, -0.05) is 31.5 Å². The van der Waals surface area contributed by atoms with Gasteiger partial charge in [-0.05, 0) is 49.6 Å². The second-order valence-electron chi connectivity index (χ2n) is 4.89. The van der Waals surface area contributed by atoms with Crippen LogP contribution in [0.4, 0.5) is 11.4 Å². The van der Waals surface area contributed by atoms with E-state index >= 15 is 0 Å². The number of hydrogen-bond acceptors (Lipinski definition) is 2. The van der Waals surface area contributed by atoms with Gasteiger partial charge in [0.05, 0.1) is 6.61 Å². The minimum absolute atomic E-state index is 0.690. The van der Waals surface area contributed by atoms with Crippen LogP contribution >= 0.6 is 0 Å². The molecule has 2 nitrogen and oxygen atoms in total. The van der Waals surface area contributed by atoms with E-state index in [4.69, 9.17) is 4.74 Å². The van der Waals surface area contributed by atoms with Crippen LogP contribution < -0.4 is 10.1 Å². The average Bonchev–Trinajstić information content (AvgIpc) is 2.47. The van der Waals surface area contributed by atoms with Crippen LogP contribution in [0.15, 0.2) is 48.5 Å². The topological polar surface area (TPSA) is 21.3 Å². The van der Waals surface area contributed by atoms with E-state index in [0.717, 1.165) is 23.5 Å². The highest BCUT2D eigenvalue weighted by atomic mass is 16.5. The van der Waals surface area contributed by atoms with E-state index in [9.17, 15) is 0 Å². The van der Waals surface area contributed by atoms with Gasteiger partial charge in [0.2, 0.25) is 0 Å². The molecule has 106 valence electrons. The van der Waals surface area contributed by atoms with Crippen LogP contribution in [0.5, 0.6) is 5.75 Å². The molecular weight excluding hydrogens is 246 g/mol. The van der Waals surface area contributed by atoms with E-state index in [2.05, 4.69) is 36.5 Å². The summed E-state index contributed by atoms with van der Waals surface area (Å²) in [6, 6.07) is 16.7. The number of aryl methyl sites for hydroxylation is 1. The molecule has 0 heterocycles. The molecular formula is C18H23NO. The molecule has 0 saturated carbocycles. The average molecular weight is 269 g/mol. The minimum atomic E-state index is 0.690. The Balaban J connectivity index is 2.00. The van der Waals surface area contributed by atoms with Crippen molar-refractivity contribution in [2.75, 3.05) is 11.9 Å². The summed E-state index contributed by atoms with van der Waals surface area (Å²) in [4.78, 5) is 0. The fourth-order valence-corrected chi connectivity index (χ4v) is 2.13. The van der Waals surface area contributed by atoms with E-state index in [1.807, 2.05) is 31.2 Å². The molecule has 0 bridgehead atoms. The summed E-state index contributed by atoms with van der Waals surface area (Å²) in [5.41, 5.74) is 3.57. The van der Waals surface area contributed by atoms with Gasteiger partial charge in [0, 0.05) is 17.4 Å². The fourth-order valence-electron chi connectivity index (χ4n) is 2.13. The van der Waals surface area contributed by atoms with Crippen LogP contribution in [0.25, 0.3) is 0 Å². The Hall–Kier alpha value is -1.96. The van der Waals surface area contributed by atoms with Crippen LogP contribution in [-0.4, -0.2) is 6.61 Å². The molecule has 0 atom stereocenters. The van der Waals surface area contributed by atoms with Crippen molar-refractivity contribution in [3.63, 3.8) is 0 Å². The Morgan fingerprint density at radius 3 is 2.45 bits per heavy atom. The van der Waals surface area contributed by atoms with Gasteiger partial charge in [-0.25, -0.2) is 0 Å². The molecule has 0 aliphatic heterocycles. The summed E-state index contributed by atoms with van der Waals surface area (Å²) in [5, 5.41) is 3.41. The lowest BCUT2D eigenvalue weighted by Crippen LogP contribution is -1.94. The molecule has 2 aromatic rings. The number of nitrogens with one attached hydrogen (secondary N) is 1. The zero-order valence-electron chi connectivity index (χ0n) is 12.4. The maximum Gasteiger partial charge on any atom is 0.121 e. The summed E-state index contributed by atoms with van der Waals surface area (Å²) >= 11 is 0. The molecule has 2 aromatic carbocycles. The van der Waals surface area contributed by atoms with Gasteiger partial charge in [-0.3, -0.25) is 0 Å². The van der Waals surface area contributed by atoms with Gasteiger partial charge in [-0.15, -0.1) is 0 Å². The molecule has 0 aromatic heterocycles. The zero-order chi connectivity index (χ0) is 14.2. The van der Waals surface area contributed by atoms with Crippen molar-refractivity contribution in [2.24, 2.45) is 0 Å². The molecule has 0 aliphatic carbocycles. The zero-order valence-corrected chi connectivity index (χ0v) is 12.4. The maximum absolute atomic E-state index is 5.51. The SMILES string of the molecule is CCCCc1ccc(Nc2cccc(OCC)c2)cc1. The minimum Gasteiger partial charge on any atom is -0.494 e. The van der Waals surface area contributed by atoms with E-state index < -0.39 is 0 Å². The molecule has 1 N–H and O–H groups in total. The number of benzene rings is 2. The number of hydrogen-bond donors (Lipinski definition) is 1. The van der Waals surface area contributed by atoms with E-state index in [1.165, 1.54) is 18.4 Å². The third-order valence-electron chi connectivity index (χ3n) is 3.21. The predicted molar refractivity (Wildman–Crippen MR) is 85.9 cm³/mol. The number of anilines is 2. The molecule has 2 rings (SSSR count). The van der Waals surface area contributed by atoms with Crippen molar-refractivity contribution in [3.8, 4) is 5.75 Å². The van der Waals surface area contributed by atoms with Crippen molar-refractivity contribution in [3.05, 3.63) is 54.1 Å². The van der Waals surface area contributed by atoms with Gasteiger partial charge >= 0.3 is 0 Å². The van der Waals surface area contributed by atoms with Crippen molar-refractivity contribution < 1.29 is 4.74 Å². The second kappa shape index (κ2) is 7.59. The monoisotopic (exact) mass is 269 g/mol. The molecule has 0 unspecified atom stereocenters. The number of ether oxygens (including phenoxy) is 1. The molecule has 0 radical (unpaired) electrons. The smallest absolute Gasteiger partial charge is 0.121 e. The van der Waals surface area contributed by atoms with Crippen LogP contribution in [0.1, 0.15) is 32.3 Å². The maximum atomic E-state index is 5.51. The summed E-state index contributed by atoms with van der Waals surface area (Å²) in [5.74, 6) is 0.900.